The second-order valence-electron chi connectivity index (χ2n) is 2.32. The van der Waals surface area contributed by atoms with Gasteiger partial charge in [-0.2, -0.15) is 11.8 Å². The Morgan fingerprint density at radius 1 is 0.786 bits per heavy atom. The van der Waals surface area contributed by atoms with Crippen LogP contribution in [-0.4, -0.2) is 59.7 Å². The third-order valence-electron chi connectivity index (χ3n) is 1.18. The molecule has 0 aromatic heterocycles. The van der Waals surface area contributed by atoms with E-state index in [1.807, 2.05) is 0 Å². The van der Waals surface area contributed by atoms with Gasteiger partial charge in [-0.1, -0.05) is 21.6 Å². The van der Waals surface area contributed by atoms with Gasteiger partial charge in [0.1, 0.15) is 0 Å². The van der Waals surface area contributed by atoms with Crippen LogP contribution in [0, 0.1) is 0 Å². The number of aliphatic hydroxyl groups is 2. The molecule has 0 saturated heterocycles. The maximum atomic E-state index is 8.50. The van der Waals surface area contributed by atoms with Gasteiger partial charge in [0.05, 0.1) is 26.4 Å². The lowest BCUT2D eigenvalue weighted by atomic mass is 10.8. The van der Waals surface area contributed by atoms with Crippen LogP contribution in [0.25, 0.3) is 0 Å². The Balaban J connectivity index is 2.78. The van der Waals surface area contributed by atoms with E-state index in [0.717, 1.165) is 36.2 Å². The zero-order valence-corrected chi connectivity index (χ0v) is 10.6. The van der Waals surface area contributed by atoms with E-state index in [9.17, 15) is 0 Å². The molecule has 0 amide bonds. The van der Waals surface area contributed by atoms with Gasteiger partial charge < -0.3 is 14.9 Å². The number of ether oxygens (including phenoxy) is 1. The maximum Gasteiger partial charge on any atom is 0.0565 e. The average molecular weight is 258 g/mol. The zero-order chi connectivity index (χ0) is 10.5. The van der Waals surface area contributed by atoms with Gasteiger partial charge >= 0.3 is 0 Å². The largest absolute Gasteiger partial charge is 0.396 e. The Morgan fingerprint density at radius 3 is 2.14 bits per heavy atom. The summed E-state index contributed by atoms with van der Waals surface area (Å²) in [5, 5.41) is 17.0. The molecule has 14 heavy (non-hydrogen) atoms. The van der Waals surface area contributed by atoms with Crippen LogP contribution >= 0.6 is 33.3 Å². The van der Waals surface area contributed by atoms with Gasteiger partial charge in [-0.25, -0.2) is 0 Å². The lowest BCUT2D eigenvalue weighted by molar-refractivity contribution is 0.167. The number of rotatable bonds is 11. The molecule has 0 aliphatic rings. The summed E-state index contributed by atoms with van der Waals surface area (Å²) in [4.78, 5) is 0. The molecule has 0 rings (SSSR count). The molecule has 0 aromatic carbocycles. The lowest BCUT2D eigenvalue weighted by Gasteiger charge is -2.02. The molecule has 0 fully saturated rings. The van der Waals surface area contributed by atoms with Crippen molar-refractivity contribution in [3.63, 3.8) is 0 Å². The molecular formula is C8H18O3S3. The second-order valence-corrected chi connectivity index (χ2v) is 6.24. The van der Waals surface area contributed by atoms with Crippen LogP contribution in [0.2, 0.25) is 0 Å². The van der Waals surface area contributed by atoms with Gasteiger partial charge in [-0.15, -0.1) is 0 Å². The SMILES string of the molecule is OCCSCCOCCSSCCO. The first kappa shape index (κ1) is 14.9. The highest BCUT2D eigenvalue weighted by molar-refractivity contribution is 8.76. The molecule has 0 unspecified atom stereocenters. The normalized spacial score (nSPS) is 10.7. The van der Waals surface area contributed by atoms with Crippen LogP contribution < -0.4 is 0 Å². The number of thioether (sulfide) groups is 1. The van der Waals surface area contributed by atoms with Crippen molar-refractivity contribution >= 4 is 33.3 Å². The molecule has 0 bridgehead atoms. The van der Waals surface area contributed by atoms with E-state index in [4.69, 9.17) is 14.9 Å². The molecule has 0 atom stereocenters. The van der Waals surface area contributed by atoms with E-state index in [0.29, 0.717) is 0 Å². The predicted octanol–water partition coefficient (Wildman–Crippen LogP) is 1.10. The summed E-state index contributed by atoms with van der Waals surface area (Å²) in [7, 11) is 3.40. The summed E-state index contributed by atoms with van der Waals surface area (Å²) in [6, 6.07) is 0. The fraction of sp³-hybridized carbons (Fsp3) is 1.00. The minimum atomic E-state index is 0.246. The highest BCUT2D eigenvalue weighted by atomic mass is 33.1. The topological polar surface area (TPSA) is 49.7 Å². The Hall–Kier alpha value is 0.930. The van der Waals surface area contributed by atoms with E-state index in [1.165, 1.54) is 0 Å². The molecule has 86 valence electrons. The molecule has 0 spiro atoms. The number of aliphatic hydroxyl groups excluding tert-OH is 2. The summed E-state index contributed by atoms with van der Waals surface area (Å²) in [5.41, 5.74) is 0. The Morgan fingerprint density at radius 2 is 1.43 bits per heavy atom. The van der Waals surface area contributed by atoms with Gasteiger partial charge in [0.25, 0.3) is 0 Å². The van der Waals surface area contributed by atoms with Gasteiger partial charge in [0.2, 0.25) is 0 Å². The van der Waals surface area contributed by atoms with Crippen molar-refractivity contribution in [2.24, 2.45) is 0 Å². The third-order valence-corrected chi connectivity index (χ3v) is 4.45. The average Bonchev–Trinajstić information content (AvgIpc) is 2.21. The minimum absolute atomic E-state index is 0.246. The number of hydrogen-bond acceptors (Lipinski definition) is 6. The summed E-state index contributed by atoms with van der Waals surface area (Å²) in [6.45, 7) is 2.02. The van der Waals surface area contributed by atoms with Crippen LogP contribution in [0.5, 0.6) is 0 Å². The fourth-order valence-corrected chi connectivity index (χ4v) is 2.83. The quantitative estimate of drug-likeness (QED) is 0.427. The van der Waals surface area contributed by atoms with E-state index in [1.54, 1.807) is 33.3 Å². The maximum absolute atomic E-state index is 8.50. The molecule has 0 aromatic rings. The highest BCUT2D eigenvalue weighted by Gasteiger charge is 1.92. The Labute approximate surface area is 97.8 Å². The fourth-order valence-electron chi connectivity index (χ4n) is 0.635. The highest BCUT2D eigenvalue weighted by Crippen LogP contribution is 2.19. The van der Waals surface area contributed by atoms with Crippen LogP contribution in [0.15, 0.2) is 0 Å². The molecule has 0 aliphatic carbocycles. The molecule has 0 aliphatic heterocycles. The van der Waals surface area contributed by atoms with Crippen molar-refractivity contribution < 1.29 is 14.9 Å². The molecule has 0 radical (unpaired) electrons. The summed E-state index contributed by atoms with van der Waals surface area (Å²) >= 11 is 1.71. The molecule has 0 saturated carbocycles. The van der Waals surface area contributed by atoms with Crippen molar-refractivity contribution in [1.29, 1.82) is 0 Å². The van der Waals surface area contributed by atoms with E-state index >= 15 is 0 Å². The van der Waals surface area contributed by atoms with Crippen molar-refractivity contribution in [2.45, 2.75) is 0 Å². The molecule has 2 N–H and O–H groups in total. The first-order chi connectivity index (χ1) is 6.91. The van der Waals surface area contributed by atoms with Gasteiger partial charge in [0.15, 0.2) is 0 Å². The predicted molar refractivity (Wildman–Crippen MR) is 67.2 cm³/mol. The van der Waals surface area contributed by atoms with E-state index in [-0.39, 0.29) is 13.2 Å². The van der Waals surface area contributed by atoms with E-state index < -0.39 is 0 Å². The monoisotopic (exact) mass is 258 g/mol. The first-order valence-electron chi connectivity index (χ1n) is 4.53. The van der Waals surface area contributed by atoms with E-state index in [2.05, 4.69) is 0 Å². The van der Waals surface area contributed by atoms with Crippen molar-refractivity contribution in [1.82, 2.24) is 0 Å². The van der Waals surface area contributed by atoms with Crippen LogP contribution in [0.3, 0.4) is 0 Å². The standard InChI is InChI=1S/C8H18O3S3/c9-1-5-12-7-3-11-4-8-14-13-6-2-10/h9-10H,1-8H2. The summed E-state index contributed by atoms with van der Waals surface area (Å²) in [6.07, 6.45) is 0. The first-order valence-corrected chi connectivity index (χ1v) is 8.17. The van der Waals surface area contributed by atoms with Crippen molar-refractivity contribution in [3.8, 4) is 0 Å². The summed E-state index contributed by atoms with van der Waals surface area (Å²) < 4.78 is 5.36. The Kier molecular flexibility index (Phi) is 14.9. The molecular weight excluding hydrogens is 240 g/mol. The summed E-state index contributed by atoms with van der Waals surface area (Å²) in [5.74, 6) is 3.51. The van der Waals surface area contributed by atoms with Crippen LogP contribution in [0.4, 0.5) is 0 Å². The third kappa shape index (κ3) is 12.9. The molecule has 0 heterocycles. The van der Waals surface area contributed by atoms with Crippen LogP contribution in [-0.2, 0) is 4.74 Å². The second kappa shape index (κ2) is 13.9. The number of hydrogen-bond donors (Lipinski definition) is 2. The Bertz CT molecular complexity index is 93.8. The lowest BCUT2D eigenvalue weighted by Crippen LogP contribution is -2.02. The smallest absolute Gasteiger partial charge is 0.0565 e. The van der Waals surface area contributed by atoms with Crippen molar-refractivity contribution in [3.05, 3.63) is 0 Å². The zero-order valence-electron chi connectivity index (χ0n) is 8.18. The molecule has 3 nitrogen and oxygen atoms in total. The minimum Gasteiger partial charge on any atom is -0.396 e. The van der Waals surface area contributed by atoms with Gasteiger partial charge in [-0.3, -0.25) is 0 Å². The van der Waals surface area contributed by atoms with Gasteiger partial charge in [0, 0.05) is 23.0 Å². The van der Waals surface area contributed by atoms with Crippen molar-refractivity contribution in [2.75, 3.05) is 49.4 Å². The molecule has 6 heteroatoms. The van der Waals surface area contributed by atoms with Gasteiger partial charge in [-0.05, 0) is 0 Å². The van der Waals surface area contributed by atoms with Crippen LogP contribution in [0.1, 0.15) is 0 Å².